The van der Waals surface area contributed by atoms with Gasteiger partial charge in [-0.3, -0.25) is 4.90 Å². The third kappa shape index (κ3) is 3.97. The number of piperidine rings is 2. The van der Waals surface area contributed by atoms with E-state index in [0.717, 1.165) is 29.5 Å². The lowest BCUT2D eigenvalue weighted by atomic mass is 9.79. The molecule has 2 bridgehead atoms. The van der Waals surface area contributed by atoms with Gasteiger partial charge >= 0.3 is 0 Å². The van der Waals surface area contributed by atoms with Gasteiger partial charge in [-0.2, -0.15) is 0 Å². The summed E-state index contributed by atoms with van der Waals surface area (Å²) in [5.41, 5.74) is 8.17. The largest absolute Gasteiger partial charge is 0.397 e. The van der Waals surface area contributed by atoms with Crippen molar-refractivity contribution < 1.29 is 0 Å². The molecule has 25 heavy (non-hydrogen) atoms. The number of para-hydroxylation sites is 2. The minimum absolute atomic E-state index is 0.588. The maximum Gasteiger partial charge on any atom is 0.0576 e. The van der Waals surface area contributed by atoms with Crippen LogP contribution in [0.15, 0.2) is 24.3 Å². The van der Waals surface area contributed by atoms with Crippen LogP contribution in [0, 0.1) is 0 Å². The van der Waals surface area contributed by atoms with Crippen molar-refractivity contribution in [3.63, 3.8) is 0 Å². The number of benzene rings is 1. The van der Waals surface area contributed by atoms with Gasteiger partial charge < -0.3 is 11.1 Å². The van der Waals surface area contributed by atoms with Gasteiger partial charge in [0.2, 0.25) is 0 Å². The van der Waals surface area contributed by atoms with E-state index in [9.17, 15) is 0 Å². The van der Waals surface area contributed by atoms with Gasteiger partial charge in [0, 0.05) is 24.2 Å². The van der Waals surface area contributed by atoms with E-state index in [1.165, 1.54) is 77.0 Å². The van der Waals surface area contributed by atoms with Crippen molar-refractivity contribution in [1.82, 2.24) is 4.90 Å². The molecule has 2 saturated heterocycles. The predicted octanol–water partition coefficient (Wildman–Crippen LogP) is 5.18. The van der Waals surface area contributed by atoms with Crippen LogP contribution in [-0.4, -0.2) is 29.1 Å². The summed E-state index contributed by atoms with van der Waals surface area (Å²) >= 11 is 0. The Kier molecular flexibility index (Phi) is 5.50. The van der Waals surface area contributed by atoms with Gasteiger partial charge in [0.15, 0.2) is 0 Å². The van der Waals surface area contributed by atoms with Crippen molar-refractivity contribution in [2.45, 2.75) is 101 Å². The van der Waals surface area contributed by atoms with Crippen LogP contribution in [0.2, 0.25) is 0 Å². The first-order valence-electron chi connectivity index (χ1n) is 10.7. The van der Waals surface area contributed by atoms with Crippen LogP contribution in [0.3, 0.4) is 0 Å². The van der Waals surface area contributed by atoms with Crippen LogP contribution >= 0.6 is 0 Å². The standard InChI is InChI=1S/C22H35N3/c23-21-13-6-7-14-22(21)24-17-15-19-11-8-12-20(16-17)25(19)18-9-4-2-1-3-5-10-18/h6-7,13-14,17-20,24H,1-5,8-12,15-16,23H2. The van der Waals surface area contributed by atoms with Gasteiger partial charge in [-0.25, -0.2) is 0 Å². The molecule has 3 aliphatic rings. The molecule has 3 nitrogen and oxygen atoms in total. The first-order valence-corrected chi connectivity index (χ1v) is 10.7. The Balaban J connectivity index is 1.44. The van der Waals surface area contributed by atoms with Crippen LogP contribution in [0.25, 0.3) is 0 Å². The second-order valence-corrected chi connectivity index (χ2v) is 8.58. The van der Waals surface area contributed by atoms with Crippen LogP contribution in [0.1, 0.15) is 77.0 Å². The van der Waals surface area contributed by atoms with Crippen molar-refractivity contribution in [2.75, 3.05) is 11.1 Å². The average molecular weight is 342 g/mol. The fourth-order valence-electron chi connectivity index (χ4n) is 5.71. The van der Waals surface area contributed by atoms with E-state index in [-0.39, 0.29) is 0 Å². The molecule has 3 fully saturated rings. The van der Waals surface area contributed by atoms with E-state index in [0.29, 0.717) is 6.04 Å². The Morgan fingerprint density at radius 2 is 1.36 bits per heavy atom. The normalized spacial score (nSPS) is 31.9. The summed E-state index contributed by atoms with van der Waals surface area (Å²) in [5, 5.41) is 3.77. The third-order valence-electron chi connectivity index (χ3n) is 6.85. The monoisotopic (exact) mass is 341 g/mol. The topological polar surface area (TPSA) is 41.3 Å². The minimum atomic E-state index is 0.588. The molecule has 138 valence electrons. The average Bonchev–Trinajstić information content (AvgIpc) is 2.56. The molecule has 3 N–H and O–H groups in total. The number of nitrogens with one attached hydrogen (secondary N) is 1. The van der Waals surface area contributed by atoms with Crippen molar-refractivity contribution >= 4 is 11.4 Å². The molecule has 1 aliphatic carbocycles. The maximum absolute atomic E-state index is 6.16. The summed E-state index contributed by atoms with van der Waals surface area (Å²) in [6.45, 7) is 0. The highest BCUT2D eigenvalue weighted by molar-refractivity contribution is 5.66. The van der Waals surface area contributed by atoms with E-state index in [1.807, 2.05) is 12.1 Å². The van der Waals surface area contributed by atoms with Crippen molar-refractivity contribution in [1.29, 1.82) is 0 Å². The summed E-state index contributed by atoms with van der Waals surface area (Å²) < 4.78 is 0. The molecule has 0 amide bonds. The van der Waals surface area contributed by atoms with Crippen LogP contribution in [0.5, 0.6) is 0 Å². The smallest absolute Gasteiger partial charge is 0.0576 e. The maximum atomic E-state index is 6.16. The molecular formula is C22H35N3. The number of hydrogen-bond donors (Lipinski definition) is 2. The summed E-state index contributed by atoms with van der Waals surface area (Å²) in [7, 11) is 0. The SMILES string of the molecule is Nc1ccccc1NC1CC2CCCC(C1)N2C1CCCCCCC1. The first-order chi connectivity index (χ1) is 12.3. The van der Waals surface area contributed by atoms with Crippen LogP contribution in [-0.2, 0) is 0 Å². The molecule has 1 aromatic carbocycles. The lowest BCUT2D eigenvalue weighted by Gasteiger charge is -2.53. The van der Waals surface area contributed by atoms with E-state index < -0.39 is 0 Å². The lowest BCUT2D eigenvalue weighted by molar-refractivity contribution is -0.0111. The number of hydrogen-bond acceptors (Lipinski definition) is 3. The van der Waals surface area contributed by atoms with E-state index in [4.69, 9.17) is 5.73 Å². The van der Waals surface area contributed by atoms with Crippen molar-refractivity contribution in [2.24, 2.45) is 0 Å². The molecule has 1 aromatic rings. The molecule has 1 saturated carbocycles. The molecule has 0 spiro atoms. The van der Waals surface area contributed by atoms with Gasteiger partial charge in [-0.1, -0.05) is 50.7 Å². The fraction of sp³-hybridized carbons (Fsp3) is 0.727. The summed E-state index contributed by atoms with van der Waals surface area (Å²) in [4.78, 5) is 2.99. The van der Waals surface area contributed by atoms with Gasteiger partial charge in [0.05, 0.1) is 11.4 Å². The summed E-state index contributed by atoms with van der Waals surface area (Å²) in [5.74, 6) is 0. The van der Waals surface area contributed by atoms with Crippen LogP contribution in [0.4, 0.5) is 11.4 Å². The van der Waals surface area contributed by atoms with Crippen molar-refractivity contribution in [3.05, 3.63) is 24.3 Å². The fourth-order valence-corrected chi connectivity index (χ4v) is 5.71. The van der Waals surface area contributed by atoms with E-state index in [1.54, 1.807) is 0 Å². The predicted molar refractivity (Wildman–Crippen MR) is 107 cm³/mol. The number of rotatable bonds is 3. The zero-order chi connectivity index (χ0) is 17.1. The molecule has 2 unspecified atom stereocenters. The Hall–Kier alpha value is -1.22. The summed E-state index contributed by atoms with van der Waals surface area (Å²) in [6, 6.07) is 11.3. The van der Waals surface area contributed by atoms with Gasteiger partial charge in [0.1, 0.15) is 0 Å². The number of nitrogen functional groups attached to an aromatic ring is 1. The molecule has 2 aliphatic heterocycles. The third-order valence-corrected chi connectivity index (χ3v) is 6.85. The highest BCUT2D eigenvalue weighted by atomic mass is 15.2. The number of fused-ring (bicyclic) bond motifs is 2. The van der Waals surface area contributed by atoms with Gasteiger partial charge in [0.25, 0.3) is 0 Å². The second kappa shape index (κ2) is 7.99. The molecule has 2 atom stereocenters. The molecule has 0 radical (unpaired) electrons. The Morgan fingerprint density at radius 3 is 2.04 bits per heavy atom. The first kappa shape index (κ1) is 17.2. The van der Waals surface area contributed by atoms with Crippen LogP contribution < -0.4 is 11.1 Å². The van der Waals surface area contributed by atoms with E-state index in [2.05, 4.69) is 22.3 Å². The Bertz CT molecular complexity index is 536. The second-order valence-electron chi connectivity index (χ2n) is 8.58. The number of anilines is 2. The number of nitrogens with two attached hydrogens (primary N) is 1. The zero-order valence-corrected chi connectivity index (χ0v) is 15.6. The molecule has 0 aromatic heterocycles. The van der Waals surface area contributed by atoms with E-state index >= 15 is 0 Å². The zero-order valence-electron chi connectivity index (χ0n) is 15.6. The Labute approximate surface area is 153 Å². The Morgan fingerprint density at radius 1 is 0.760 bits per heavy atom. The number of nitrogens with zero attached hydrogens (tertiary/aromatic N) is 1. The molecule has 3 heteroatoms. The molecular weight excluding hydrogens is 306 g/mol. The highest BCUT2D eigenvalue weighted by Crippen LogP contribution is 2.39. The molecule has 4 rings (SSSR count). The summed E-state index contributed by atoms with van der Waals surface area (Å²) in [6.07, 6.45) is 17.0. The van der Waals surface area contributed by atoms with Gasteiger partial charge in [-0.15, -0.1) is 0 Å². The lowest BCUT2D eigenvalue weighted by Crippen LogP contribution is -2.58. The van der Waals surface area contributed by atoms with Crippen molar-refractivity contribution in [3.8, 4) is 0 Å². The minimum Gasteiger partial charge on any atom is -0.397 e. The highest BCUT2D eigenvalue weighted by Gasteiger charge is 2.41. The quantitative estimate of drug-likeness (QED) is 0.744. The molecule has 2 heterocycles. The van der Waals surface area contributed by atoms with Gasteiger partial charge in [-0.05, 0) is 50.7 Å².